The SMILES string of the molecule is C=CCNc1cc(C)nc(N2CCN(CC)CC2)n1. The third-order valence-electron chi connectivity index (χ3n) is 3.37. The van der Waals surface area contributed by atoms with Crippen LogP contribution in [0.15, 0.2) is 18.7 Å². The molecule has 5 heteroatoms. The van der Waals surface area contributed by atoms with Gasteiger partial charge in [-0.3, -0.25) is 0 Å². The Balaban J connectivity index is 2.07. The number of hydrogen-bond donors (Lipinski definition) is 1. The van der Waals surface area contributed by atoms with Crippen LogP contribution >= 0.6 is 0 Å². The van der Waals surface area contributed by atoms with Gasteiger partial charge in [0.25, 0.3) is 0 Å². The molecule has 0 unspecified atom stereocenters. The maximum Gasteiger partial charge on any atom is 0.227 e. The molecule has 1 fully saturated rings. The lowest BCUT2D eigenvalue weighted by atomic mass is 10.3. The lowest BCUT2D eigenvalue weighted by Gasteiger charge is -2.34. The molecule has 2 heterocycles. The van der Waals surface area contributed by atoms with Gasteiger partial charge in [0.1, 0.15) is 5.82 Å². The Bertz CT molecular complexity index is 424. The second-order valence-electron chi connectivity index (χ2n) is 4.79. The maximum atomic E-state index is 4.58. The van der Waals surface area contributed by atoms with E-state index in [1.54, 1.807) is 0 Å². The smallest absolute Gasteiger partial charge is 0.227 e. The Morgan fingerprint density at radius 1 is 1.32 bits per heavy atom. The first kappa shape index (κ1) is 13.8. The van der Waals surface area contributed by atoms with Crippen molar-refractivity contribution in [2.75, 3.05) is 49.5 Å². The molecule has 1 aromatic rings. The molecule has 0 atom stereocenters. The van der Waals surface area contributed by atoms with Crippen LogP contribution in [0.5, 0.6) is 0 Å². The molecule has 104 valence electrons. The first-order chi connectivity index (χ1) is 9.22. The molecule has 5 nitrogen and oxygen atoms in total. The predicted octanol–water partition coefficient (Wildman–Crippen LogP) is 1.52. The highest BCUT2D eigenvalue weighted by Crippen LogP contribution is 2.15. The monoisotopic (exact) mass is 261 g/mol. The molecule has 19 heavy (non-hydrogen) atoms. The second-order valence-corrected chi connectivity index (χ2v) is 4.79. The van der Waals surface area contributed by atoms with Crippen molar-refractivity contribution in [3.8, 4) is 0 Å². The molecule has 1 aliphatic rings. The Morgan fingerprint density at radius 2 is 2.05 bits per heavy atom. The summed E-state index contributed by atoms with van der Waals surface area (Å²) in [4.78, 5) is 13.8. The van der Waals surface area contributed by atoms with Crippen molar-refractivity contribution in [3.63, 3.8) is 0 Å². The van der Waals surface area contributed by atoms with E-state index in [4.69, 9.17) is 0 Å². The summed E-state index contributed by atoms with van der Waals surface area (Å²) in [5.41, 5.74) is 0.995. The summed E-state index contributed by atoms with van der Waals surface area (Å²) in [6, 6.07) is 1.97. The summed E-state index contributed by atoms with van der Waals surface area (Å²) < 4.78 is 0. The van der Waals surface area contributed by atoms with Crippen LogP contribution in [0.1, 0.15) is 12.6 Å². The number of rotatable bonds is 5. The molecule has 1 N–H and O–H groups in total. The largest absolute Gasteiger partial charge is 0.366 e. The van der Waals surface area contributed by atoms with Gasteiger partial charge in [-0.15, -0.1) is 6.58 Å². The number of aromatic nitrogens is 2. The molecular weight excluding hydrogens is 238 g/mol. The summed E-state index contributed by atoms with van der Waals surface area (Å²) in [6.07, 6.45) is 1.83. The molecule has 0 aromatic carbocycles. The van der Waals surface area contributed by atoms with Gasteiger partial charge >= 0.3 is 0 Å². The molecule has 1 saturated heterocycles. The van der Waals surface area contributed by atoms with Crippen molar-refractivity contribution in [1.29, 1.82) is 0 Å². The zero-order valence-corrected chi connectivity index (χ0v) is 11.9. The molecule has 0 bridgehead atoms. The number of nitrogens with zero attached hydrogens (tertiary/aromatic N) is 4. The molecular formula is C14H23N5. The Kier molecular flexibility index (Phi) is 4.74. The van der Waals surface area contributed by atoms with E-state index >= 15 is 0 Å². The number of piperazine rings is 1. The highest BCUT2D eigenvalue weighted by molar-refractivity contribution is 5.44. The molecule has 1 aliphatic heterocycles. The van der Waals surface area contributed by atoms with Gasteiger partial charge in [0, 0.05) is 44.5 Å². The average molecular weight is 261 g/mol. The van der Waals surface area contributed by atoms with Gasteiger partial charge in [-0.1, -0.05) is 13.0 Å². The number of likely N-dealkylation sites (N-methyl/N-ethyl adjacent to an activating group) is 1. The van der Waals surface area contributed by atoms with Crippen molar-refractivity contribution in [2.24, 2.45) is 0 Å². The molecule has 0 amide bonds. The minimum atomic E-state index is 0.722. The van der Waals surface area contributed by atoms with Gasteiger partial charge in [-0.05, 0) is 13.5 Å². The van der Waals surface area contributed by atoms with Crippen molar-refractivity contribution < 1.29 is 0 Å². The number of nitrogens with one attached hydrogen (secondary N) is 1. The minimum Gasteiger partial charge on any atom is -0.366 e. The molecule has 0 spiro atoms. The first-order valence-electron chi connectivity index (χ1n) is 6.90. The third-order valence-corrected chi connectivity index (χ3v) is 3.37. The van der Waals surface area contributed by atoms with Crippen molar-refractivity contribution in [3.05, 3.63) is 24.4 Å². The topological polar surface area (TPSA) is 44.3 Å². The van der Waals surface area contributed by atoms with Gasteiger partial charge in [0.2, 0.25) is 5.95 Å². The third kappa shape index (κ3) is 3.67. The van der Waals surface area contributed by atoms with E-state index in [0.29, 0.717) is 0 Å². The van der Waals surface area contributed by atoms with Crippen LogP contribution in [0.25, 0.3) is 0 Å². The summed E-state index contributed by atoms with van der Waals surface area (Å²) in [6.45, 7) is 13.9. The Hall–Kier alpha value is -1.62. The van der Waals surface area contributed by atoms with Gasteiger partial charge in [0.15, 0.2) is 0 Å². The standard InChI is InChI=1S/C14H23N5/c1-4-6-15-13-11-12(3)16-14(17-13)19-9-7-18(5-2)8-10-19/h4,11H,1,5-10H2,2-3H3,(H,15,16,17). The first-order valence-corrected chi connectivity index (χ1v) is 6.90. The van der Waals surface area contributed by atoms with E-state index in [1.165, 1.54) is 0 Å². The van der Waals surface area contributed by atoms with Crippen molar-refractivity contribution in [1.82, 2.24) is 14.9 Å². The Labute approximate surface area is 115 Å². The van der Waals surface area contributed by atoms with Crippen molar-refractivity contribution in [2.45, 2.75) is 13.8 Å². The van der Waals surface area contributed by atoms with E-state index in [2.05, 4.69) is 38.6 Å². The number of aryl methyl sites for hydroxylation is 1. The number of hydrogen-bond acceptors (Lipinski definition) is 5. The lowest BCUT2D eigenvalue weighted by molar-refractivity contribution is 0.270. The summed E-state index contributed by atoms with van der Waals surface area (Å²) in [5, 5.41) is 3.23. The summed E-state index contributed by atoms with van der Waals surface area (Å²) in [5.74, 6) is 1.71. The van der Waals surface area contributed by atoms with Crippen LogP contribution in [-0.2, 0) is 0 Å². The normalized spacial score (nSPS) is 16.4. The second kappa shape index (κ2) is 6.52. The zero-order chi connectivity index (χ0) is 13.7. The van der Waals surface area contributed by atoms with Gasteiger partial charge in [0.05, 0.1) is 0 Å². The van der Waals surface area contributed by atoms with Crippen LogP contribution in [0.2, 0.25) is 0 Å². The molecule has 0 aliphatic carbocycles. The molecule has 1 aromatic heterocycles. The fourth-order valence-corrected chi connectivity index (χ4v) is 2.23. The van der Waals surface area contributed by atoms with Gasteiger partial charge in [-0.25, -0.2) is 4.98 Å². The van der Waals surface area contributed by atoms with E-state index < -0.39 is 0 Å². The van der Waals surface area contributed by atoms with E-state index in [-0.39, 0.29) is 0 Å². The summed E-state index contributed by atoms with van der Waals surface area (Å²) in [7, 11) is 0. The fraction of sp³-hybridized carbons (Fsp3) is 0.571. The average Bonchev–Trinajstić information content (AvgIpc) is 2.44. The van der Waals surface area contributed by atoms with E-state index in [1.807, 2.05) is 19.1 Å². The van der Waals surface area contributed by atoms with Crippen LogP contribution in [0, 0.1) is 6.92 Å². The quantitative estimate of drug-likeness (QED) is 0.814. The molecule has 2 rings (SSSR count). The van der Waals surface area contributed by atoms with Crippen LogP contribution in [-0.4, -0.2) is 54.1 Å². The number of anilines is 2. The predicted molar refractivity (Wildman–Crippen MR) is 79.8 cm³/mol. The van der Waals surface area contributed by atoms with E-state index in [9.17, 15) is 0 Å². The van der Waals surface area contributed by atoms with Crippen LogP contribution in [0.4, 0.5) is 11.8 Å². The fourth-order valence-electron chi connectivity index (χ4n) is 2.23. The van der Waals surface area contributed by atoms with Crippen LogP contribution in [0.3, 0.4) is 0 Å². The summed E-state index contributed by atoms with van der Waals surface area (Å²) >= 11 is 0. The van der Waals surface area contributed by atoms with E-state index in [0.717, 1.165) is 56.7 Å². The van der Waals surface area contributed by atoms with Gasteiger partial charge in [-0.2, -0.15) is 4.98 Å². The zero-order valence-electron chi connectivity index (χ0n) is 11.9. The van der Waals surface area contributed by atoms with Crippen LogP contribution < -0.4 is 10.2 Å². The maximum absolute atomic E-state index is 4.58. The molecule has 0 radical (unpaired) electrons. The highest BCUT2D eigenvalue weighted by atomic mass is 15.3. The highest BCUT2D eigenvalue weighted by Gasteiger charge is 2.18. The van der Waals surface area contributed by atoms with Crippen molar-refractivity contribution >= 4 is 11.8 Å². The minimum absolute atomic E-state index is 0.722. The molecule has 0 saturated carbocycles. The van der Waals surface area contributed by atoms with Gasteiger partial charge < -0.3 is 15.1 Å². The Morgan fingerprint density at radius 3 is 2.68 bits per heavy atom. The lowest BCUT2D eigenvalue weighted by Crippen LogP contribution is -2.46.